The Morgan fingerprint density at radius 3 is 2.31 bits per heavy atom. The Labute approximate surface area is 152 Å². The van der Waals surface area contributed by atoms with Crippen LogP contribution in [0.2, 0.25) is 0 Å². The number of aldehydes is 1. The predicted octanol–water partition coefficient (Wildman–Crippen LogP) is 3.97. The van der Waals surface area contributed by atoms with Crippen molar-refractivity contribution >= 4 is 12.2 Å². The number of hydrogen-bond donors (Lipinski definition) is 1. The van der Waals surface area contributed by atoms with Gasteiger partial charge in [0.25, 0.3) is 5.91 Å². The van der Waals surface area contributed by atoms with Gasteiger partial charge < -0.3 is 10.1 Å². The Balaban J connectivity index is 1.55. The van der Waals surface area contributed by atoms with Crippen LogP contribution in [0.5, 0.6) is 5.75 Å². The van der Waals surface area contributed by atoms with E-state index in [1.807, 2.05) is 54.6 Å². The summed E-state index contributed by atoms with van der Waals surface area (Å²) < 4.78 is 5.85. The van der Waals surface area contributed by atoms with E-state index < -0.39 is 0 Å². The highest BCUT2D eigenvalue weighted by Crippen LogP contribution is 2.29. The molecule has 4 nitrogen and oxygen atoms in total. The standard InChI is InChI=1S/C22H19NO3/c24-16-17-10-12-19(13-11-17)22(25)23-14-15-26-21-9-5-4-8-20(21)18-6-2-1-3-7-18/h1-13,16H,14-15H2,(H,23,25). The van der Waals surface area contributed by atoms with E-state index in [4.69, 9.17) is 4.74 Å². The first-order chi connectivity index (χ1) is 12.8. The van der Waals surface area contributed by atoms with Crippen molar-refractivity contribution in [3.8, 4) is 16.9 Å². The third-order valence-corrected chi connectivity index (χ3v) is 3.93. The lowest BCUT2D eigenvalue weighted by Gasteiger charge is -2.12. The van der Waals surface area contributed by atoms with E-state index in [1.165, 1.54) is 0 Å². The Morgan fingerprint density at radius 2 is 1.58 bits per heavy atom. The molecule has 4 heteroatoms. The average molecular weight is 345 g/mol. The molecule has 26 heavy (non-hydrogen) atoms. The molecule has 0 aromatic heterocycles. The lowest BCUT2D eigenvalue weighted by Crippen LogP contribution is -2.28. The number of nitrogens with one attached hydrogen (secondary N) is 1. The summed E-state index contributed by atoms with van der Waals surface area (Å²) in [4.78, 5) is 22.7. The van der Waals surface area contributed by atoms with Crippen molar-refractivity contribution in [2.45, 2.75) is 0 Å². The van der Waals surface area contributed by atoms with Crippen molar-refractivity contribution < 1.29 is 14.3 Å². The maximum absolute atomic E-state index is 12.1. The fourth-order valence-electron chi connectivity index (χ4n) is 2.59. The van der Waals surface area contributed by atoms with Crippen LogP contribution in [0, 0.1) is 0 Å². The fourth-order valence-corrected chi connectivity index (χ4v) is 2.59. The van der Waals surface area contributed by atoms with Crippen LogP contribution >= 0.6 is 0 Å². The third kappa shape index (κ3) is 4.36. The molecule has 0 fully saturated rings. The number of para-hydroxylation sites is 1. The molecule has 0 unspecified atom stereocenters. The quantitative estimate of drug-likeness (QED) is 0.521. The van der Waals surface area contributed by atoms with Crippen molar-refractivity contribution in [2.75, 3.05) is 13.2 Å². The largest absolute Gasteiger partial charge is 0.491 e. The summed E-state index contributed by atoms with van der Waals surface area (Å²) in [6, 6.07) is 24.3. The fraction of sp³-hybridized carbons (Fsp3) is 0.0909. The van der Waals surface area contributed by atoms with Crippen LogP contribution in [-0.2, 0) is 0 Å². The van der Waals surface area contributed by atoms with E-state index in [0.717, 1.165) is 23.2 Å². The summed E-state index contributed by atoms with van der Waals surface area (Å²) in [5.41, 5.74) is 3.16. The van der Waals surface area contributed by atoms with E-state index in [-0.39, 0.29) is 5.91 Å². The maximum atomic E-state index is 12.1. The van der Waals surface area contributed by atoms with Gasteiger partial charge in [0, 0.05) is 16.7 Å². The molecule has 1 amide bonds. The summed E-state index contributed by atoms with van der Waals surface area (Å²) in [6.45, 7) is 0.749. The molecule has 3 aromatic carbocycles. The summed E-state index contributed by atoms with van der Waals surface area (Å²) in [6.07, 6.45) is 0.750. The molecule has 130 valence electrons. The van der Waals surface area contributed by atoms with Gasteiger partial charge in [-0.15, -0.1) is 0 Å². The van der Waals surface area contributed by atoms with E-state index in [0.29, 0.717) is 24.3 Å². The number of carbonyl (C=O) groups excluding carboxylic acids is 2. The molecular weight excluding hydrogens is 326 g/mol. The number of benzene rings is 3. The van der Waals surface area contributed by atoms with Crippen LogP contribution in [0.15, 0.2) is 78.9 Å². The zero-order chi connectivity index (χ0) is 18.2. The second-order valence-corrected chi connectivity index (χ2v) is 5.71. The van der Waals surface area contributed by atoms with Gasteiger partial charge in [-0.05, 0) is 23.8 Å². The third-order valence-electron chi connectivity index (χ3n) is 3.93. The summed E-state index contributed by atoms with van der Waals surface area (Å²) in [7, 11) is 0. The Morgan fingerprint density at radius 1 is 0.885 bits per heavy atom. The minimum absolute atomic E-state index is 0.192. The van der Waals surface area contributed by atoms with E-state index in [2.05, 4.69) is 5.32 Å². The van der Waals surface area contributed by atoms with Gasteiger partial charge in [-0.3, -0.25) is 9.59 Å². The second-order valence-electron chi connectivity index (χ2n) is 5.71. The summed E-state index contributed by atoms with van der Waals surface area (Å²) in [5, 5.41) is 2.81. The number of amides is 1. The molecule has 0 radical (unpaired) electrons. The molecule has 0 aliphatic rings. The molecule has 3 rings (SSSR count). The second kappa shape index (κ2) is 8.62. The minimum Gasteiger partial charge on any atom is -0.491 e. The van der Waals surface area contributed by atoms with Crippen LogP contribution in [0.3, 0.4) is 0 Å². The van der Waals surface area contributed by atoms with Gasteiger partial charge in [0.2, 0.25) is 0 Å². The smallest absolute Gasteiger partial charge is 0.251 e. The van der Waals surface area contributed by atoms with Crippen molar-refractivity contribution in [1.29, 1.82) is 0 Å². The molecule has 1 N–H and O–H groups in total. The van der Waals surface area contributed by atoms with Crippen LogP contribution in [0.1, 0.15) is 20.7 Å². The molecule has 0 aliphatic carbocycles. The van der Waals surface area contributed by atoms with Crippen molar-refractivity contribution in [2.24, 2.45) is 0 Å². The number of hydrogen-bond acceptors (Lipinski definition) is 3. The minimum atomic E-state index is -0.192. The molecule has 0 spiro atoms. The molecule has 3 aromatic rings. The molecule has 0 heterocycles. The van der Waals surface area contributed by atoms with Crippen molar-refractivity contribution in [3.63, 3.8) is 0 Å². The monoisotopic (exact) mass is 345 g/mol. The molecular formula is C22H19NO3. The van der Waals surface area contributed by atoms with Gasteiger partial charge in [-0.2, -0.15) is 0 Å². The van der Waals surface area contributed by atoms with Gasteiger partial charge >= 0.3 is 0 Å². The lowest BCUT2D eigenvalue weighted by atomic mass is 10.1. The Kier molecular flexibility index (Phi) is 5.78. The number of rotatable bonds is 7. The molecule has 0 atom stereocenters. The lowest BCUT2D eigenvalue weighted by molar-refractivity contribution is 0.0946. The number of ether oxygens (including phenoxy) is 1. The molecule has 0 saturated carbocycles. The SMILES string of the molecule is O=Cc1ccc(C(=O)NCCOc2ccccc2-c2ccccc2)cc1. The molecule has 0 saturated heterocycles. The highest BCUT2D eigenvalue weighted by Gasteiger charge is 2.07. The van der Waals surface area contributed by atoms with Gasteiger partial charge in [0.1, 0.15) is 18.6 Å². The number of carbonyl (C=O) groups is 2. The zero-order valence-corrected chi connectivity index (χ0v) is 14.2. The highest BCUT2D eigenvalue weighted by atomic mass is 16.5. The maximum Gasteiger partial charge on any atom is 0.251 e. The first kappa shape index (κ1) is 17.4. The summed E-state index contributed by atoms with van der Waals surface area (Å²) in [5.74, 6) is 0.589. The Hall–Kier alpha value is -3.40. The van der Waals surface area contributed by atoms with E-state index in [1.54, 1.807) is 24.3 Å². The van der Waals surface area contributed by atoms with Gasteiger partial charge in [0.05, 0.1) is 6.54 Å². The molecule has 0 bridgehead atoms. The Bertz CT molecular complexity index is 873. The van der Waals surface area contributed by atoms with Crippen LogP contribution < -0.4 is 10.1 Å². The summed E-state index contributed by atoms with van der Waals surface area (Å²) >= 11 is 0. The normalized spacial score (nSPS) is 10.2. The van der Waals surface area contributed by atoms with Gasteiger partial charge in [-0.25, -0.2) is 0 Å². The van der Waals surface area contributed by atoms with Crippen molar-refractivity contribution in [1.82, 2.24) is 5.32 Å². The van der Waals surface area contributed by atoms with Gasteiger partial charge in [-0.1, -0.05) is 60.7 Å². The van der Waals surface area contributed by atoms with Crippen LogP contribution in [0.25, 0.3) is 11.1 Å². The van der Waals surface area contributed by atoms with Crippen molar-refractivity contribution in [3.05, 3.63) is 90.0 Å². The van der Waals surface area contributed by atoms with E-state index in [9.17, 15) is 9.59 Å². The molecule has 0 aliphatic heterocycles. The van der Waals surface area contributed by atoms with Gasteiger partial charge in [0.15, 0.2) is 0 Å². The first-order valence-electron chi connectivity index (χ1n) is 8.38. The predicted molar refractivity (Wildman–Crippen MR) is 102 cm³/mol. The highest BCUT2D eigenvalue weighted by molar-refractivity contribution is 5.94. The zero-order valence-electron chi connectivity index (χ0n) is 14.2. The van der Waals surface area contributed by atoms with Crippen LogP contribution in [-0.4, -0.2) is 25.3 Å². The van der Waals surface area contributed by atoms with Crippen LogP contribution in [0.4, 0.5) is 0 Å². The van der Waals surface area contributed by atoms with E-state index >= 15 is 0 Å². The average Bonchev–Trinajstić information content (AvgIpc) is 2.72. The first-order valence-corrected chi connectivity index (χ1v) is 8.38. The topological polar surface area (TPSA) is 55.4 Å².